The molecule has 0 saturated heterocycles. The topological polar surface area (TPSA) is 112 Å². The van der Waals surface area contributed by atoms with E-state index in [1.54, 1.807) is 31.2 Å². The second kappa shape index (κ2) is 11.2. The number of nitrogens with zero attached hydrogens (tertiary/aromatic N) is 2. The Balaban J connectivity index is 1.82. The van der Waals surface area contributed by atoms with E-state index in [4.69, 9.17) is 14.2 Å². The summed E-state index contributed by atoms with van der Waals surface area (Å²) in [6.07, 6.45) is -3.41. The Morgan fingerprint density at radius 2 is 1.78 bits per heavy atom. The molecule has 0 aliphatic rings. The van der Waals surface area contributed by atoms with Gasteiger partial charge in [-0.25, -0.2) is 5.43 Å². The SMILES string of the molecule is CCOc1cc(/C=N/NC(=O)c2ccccc2OC)ccc1Oc1ccc(C(F)(F)F)cc1[N+](=O)[O-]. The zero-order valence-electron chi connectivity index (χ0n) is 19.0. The molecule has 0 saturated carbocycles. The zero-order valence-corrected chi connectivity index (χ0v) is 19.0. The summed E-state index contributed by atoms with van der Waals surface area (Å²) >= 11 is 0. The Labute approximate surface area is 203 Å². The number of methoxy groups -OCH3 is 1. The summed E-state index contributed by atoms with van der Waals surface area (Å²) in [7, 11) is 1.44. The molecule has 0 fully saturated rings. The van der Waals surface area contributed by atoms with Crippen molar-refractivity contribution in [2.45, 2.75) is 13.1 Å². The van der Waals surface area contributed by atoms with Crippen LogP contribution in [0.15, 0.2) is 65.8 Å². The number of ether oxygens (including phenoxy) is 3. The van der Waals surface area contributed by atoms with Crippen molar-refractivity contribution in [1.82, 2.24) is 5.43 Å². The van der Waals surface area contributed by atoms with Gasteiger partial charge in [0, 0.05) is 6.07 Å². The Morgan fingerprint density at radius 3 is 2.44 bits per heavy atom. The number of benzene rings is 3. The van der Waals surface area contributed by atoms with E-state index in [-0.39, 0.29) is 29.4 Å². The second-order valence-corrected chi connectivity index (χ2v) is 7.08. The number of carbonyl (C=O) groups excluding carboxylic acids is 1. The first-order valence-electron chi connectivity index (χ1n) is 10.4. The zero-order chi connectivity index (χ0) is 26.3. The van der Waals surface area contributed by atoms with Crippen LogP contribution in [0.5, 0.6) is 23.0 Å². The van der Waals surface area contributed by atoms with Crippen molar-refractivity contribution in [2.24, 2.45) is 5.10 Å². The predicted octanol–water partition coefficient (Wildman–Crippen LogP) is 5.58. The fourth-order valence-corrected chi connectivity index (χ4v) is 3.06. The molecule has 0 bridgehead atoms. The maximum atomic E-state index is 13.0. The molecule has 3 aromatic carbocycles. The molecule has 9 nitrogen and oxygen atoms in total. The molecule has 0 atom stereocenters. The smallest absolute Gasteiger partial charge is 0.416 e. The minimum atomic E-state index is -4.75. The first kappa shape index (κ1) is 26.0. The van der Waals surface area contributed by atoms with Crippen molar-refractivity contribution >= 4 is 17.8 Å². The molecule has 0 heterocycles. The average Bonchev–Trinajstić information content (AvgIpc) is 2.85. The van der Waals surface area contributed by atoms with Crippen molar-refractivity contribution in [3.63, 3.8) is 0 Å². The summed E-state index contributed by atoms with van der Waals surface area (Å²) in [5, 5.41) is 15.2. The van der Waals surface area contributed by atoms with Crippen LogP contribution in [-0.4, -0.2) is 30.8 Å². The normalized spacial score (nSPS) is 11.2. The second-order valence-electron chi connectivity index (χ2n) is 7.08. The number of hydrogen-bond donors (Lipinski definition) is 1. The van der Waals surface area contributed by atoms with Gasteiger partial charge in [-0.05, 0) is 55.0 Å². The van der Waals surface area contributed by atoms with Gasteiger partial charge in [0.15, 0.2) is 11.5 Å². The molecule has 3 rings (SSSR count). The van der Waals surface area contributed by atoms with Gasteiger partial charge in [-0.2, -0.15) is 18.3 Å². The number of para-hydroxylation sites is 1. The number of nitrogens with one attached hydrogen (secondary N) is 1. The van der Waals surface area contributed by atoms with Gasteiger partial charge in [0.25, 0.3) is 5.91 Å². The first-order chi connectivity index (χ1) is 17.1. The summed E-state index contributed by atoms with van der Waals surface area (Å²) < 4.78 is 55.1. The van der Waals surface area contributed by atoms with Gasteiger partial charge in [0.2, 0.25) is 5.75 Å². The van der Waals surface area contributed by atoms with Crippen LogP contribution in [-0.2, 0) is 6.18 Å². The fourth-order valence-electron chi connectivity index (χ4n) is 3.06. The van der Waals surface area contributed by atoms with E-state index in [2.05, 4.69) is 10.5 Å². The molecule has 0 spiro atoms. The number of alkyl halides is 3. The Bertz CT molecular complexity index is 1290. The number of nitro benzene ring substituents is 1. The lowest BCUT2D eigenvalue weighted by Crippen LogP contribution is -2.18. The summed E-state index contributed by atoms with van der Waals surface area (Å²) in [6.45, 7) is 1.90. The van der Waals surface area contributed by atoms with E-state index in [1.165, 1.54) is 31.5 Å². The van der Waals surface area contributed by atoms with Gasteiger partial charge in [0.05, 0.1) is 36.0 Å². The standard InChI is InChI=1S/C24H20F3N3O6/c1-3-35-22-12-15(14-28-29-23(31)17-6-4-5-7-19(17)34-2)8-10-21(22)36-20-11-9-16(24(25,26)27)13-18(20)30(32)33/h4-14H,3H2,1-2H3,(H,29,31)/b28-14+. The molecule has 188 valence electrons. The quantitative estimate of drug-likeness (QED) is 0.232. The molecule has 0 unspecified atom stereocenters. The van der Waals surface area contributed by atoms with Gasteiger partial charge < -0.3 is 14.2 Å². The van der Waals surface area contributed by atoms with Crippen LogP contribution in [0.4, 0.5) is 18.9 Å². The summed E-state index contributed by atoms with van der Waals surface area (Å²) in [5.41, 5.74) is 1.12. The van der Waals surface area contributed by atoms with E-state index in [0.29, 0.717) is 23.4 Å². The van der Waals surface area contributed by atoms with Crippen LogP contribution >= 0.6 is 0 Å². The Morgan fingerprint density at radius 1 is 1.06 bits per heavy atom. The monoisotopic (exact) mass is 503 g/mol. The van der Waals surface area contributed by atoms with Crippen LogP contribution in [0, 0.1) is 10.1 Å². The van der Waals surface area contributed by atoms with Crippen molar-refractivity contribution in [1.29, 1.82) is 0 Å². The predicted molar refractivity (Wildman–Crippen MR) is 124 cm³/mol. The van der Waals surface area contributed by atoms with E-state index in [9.17, 15) is 28.1 Å². The van der Waals surface area contributed by atoms with Crippen molar-refractivity contribution in [3.8, 4) is 23.0 Å². The highest BCUT2D eigenvalue weighted by Gasteiger charge is 2.33. The van der Waals surface area contributed by atoms with Gasteiger partial charge in [-0.15, -0.1) is 0 Å². The highest BCUT2D eigenvalue weighted by atomic mass is 19.4. The van der Waals surface area contributed by atoms with Gasteiger partial charge in [-0.3, -0.25) is 14.9 Å². The van der Waals surface area contributed by atoms with Gasteiger partial charge in [-0.1, -0.05) is 12.1 Å². The molecular weight excluding hydrogens is 483 g/mol. The molecule has 0 radical (unpaired) electrons. The van der Waals surface area contributed by atoms with E-state index < -0.39 is 28.3 Å². The van der Waals surface area contributed by atoms with Gasteiger partial charge in [0.1, 0.15) is 5.75 Å². The number of hydrazone groups is 1. The van der Waals surface area contributed by atoms with Crippen molar-refractivity contribution in [3.05, 3.63) is 87.5 Å². The Kier molecular flexibility index (Phi) is 8.10. The van der Waals surface area contributed by atoms with E-state index in [0.717, 1.165) is 6.07 Å². The third-order valence-electron chi connectivity index (χ3n) is 4.70. The minimum absolute atomic E-state index is 0.0370. The molecule has 1 amide bonds. The van der Waals surface area contributed by atoms with Crippen LogP contribution in [0.1, 0.15) is 28.4 Å². The number of rotatable bonds is 9. The average molecular weight is 503 g/mol. The van der Waals surface area contributed by atoms with E-state index >= 15 is 0 Å². The maximum absolute atomic E-state index is 13.0. The number of halogens is 3. The minimum Gasteiger partial charge on any atom is -0.496 e. The summed E-state index contributed by atoms with van der Waals surface area (Å²) in [5.74, 6) is -0.313. The number of amides is 1. The highest BCUT2D eigenvalue weighted by Crippen LogP contribution is 2.40. The molecule has 0 aliphatic heterocycles. The number of hydrogen-bond acceptors (Lipinski definition) is 7. The van der Waals surface area contributed by atoms with Crippen LogP contribution in [0.2, 0.25) is 0 Å². The largest absolute Gasteiger partial charge is 0.496 e. The molecule has 1 N–H and O–H groups in total. The summed E-state index contributed by atoms with van der Waals surface area (Å²) in [6, 6.07) is 13.0. The molecule has 0 aliphatic carbocycles. The maximum Gasteiger partial charge on any atom is 0.416 e. The number of carbonyl (C=O) groups is 1. The molecule has 0 aromatic heterocycles. The van der Waals surface area contributed by atoms with Crippen LogP contribution in [0.3, 0.4) is 0 Å². The molecule has 12 heteroatoms. The lowest BCUT2D eigenvalue weighted by molar-refractivity contribution is -0.385. The first-order valence-corrected chi connectivity index (χ1v) is 10.4. The molecular formula is C24H20F3N3O6. The van der Waals surface area contributed by atoms with Crippen LogP contribution in [0.25, 0.3) is 0 Å². The lowest BCUT2D eigenvalue weighted by atomic mass is 10.1. The molecule has 36 heavy (non-hydrogen) atoms. The fraction of sp³-hybridized carbons (Fsp3) is 0.167. The lowest BCUT2D eigenvalue weighted by Gasteiger charge is -2.13. The summed E-state index contributed by atoms with van der Waals surface area (Å²) in [4.78, 5) is 22.7. The van der Waals surface area contributed by atoms with Crippen molar-refractivity contribution < 1.29 is 37.1 Å². The number of nitro groups is 1. The molecule has 3 aromatic rings. The highest BCUT2D eigenvalue weighted by molar-refractivity contribution is 5.97. The van der Waals surface area contributed by atoms with Crippen molar-refractivity contribution in [2.75, 3.05) is 13.7 Å². The van der Waals surface area contributed by atoms with Gasteiger partial charge >= 0.3 is 11.9 Å². The third-order valence-corrected chi connectivity index (χ3v) is 4.70. The third kappa shape index (κ3) is 6.29. The Hall–Kier alpha value is -4.61. The van der Waals surface area contributed by atoms with Crippen LogP contribution < -0.4 is 19.6 Å². The van der Waals surface area contributed by atoms with E-state index in [1.807, 2.05) is 0 Å².